The summed E-state index contributed by atoms with van der Waals surface area (Å²) in [5.74, 6) is 0. The third kappa shape index (κ3) is 1.89. The average molecular weight is 191 g/mol. The molecule has 2 heterocycles. The number of hydrogen-bond donors (Lipinski definition) is 0. The maximum Gasteiger partial charge on any atom is 0.400 e. The van der Waals surface area contributed by atoms with E-state index < -0.39 is 15.2 Å². The molecule has 0 saturated heterocycles. The second-order valence-corrected chi connectivity index (χ2v) is 5.60. The predicted molar refractivity (Wildman–Crippen MR) is 50.6 cm³/mol. The monoisotopic (exact) mass is 191 g/mol. The molecule has 0 aromatic carbocycles. The van der Waals surface area contributed by atoms with Gasteiger partial charge in [-0.2, -0.15) is 11.3 Å². The van der Waals surface area contributed by atoms with Crippen LogP contribution in [0.3, 0.4) is 0 Å². The zero-order valence-electron chi connectivity index (χ0n) is 6.34. The van der Waals surface area contributed by atoms with Crippen molar-refractivity contribution in [1.29, 1.82) is 0 Å². The summed E-state index contributed by atoms with van der Waals surface area (Å²) in [6, 6.07) is 4.20. The highest BCUT2D eigenvalue weighted by Crippen LogP contribution is 1.90. The lowest BCUT2D eigenvalue weighted by Crippen LogP contribution is -2.30. The first kappa shape index (κ1) is 7.87. The van der Waals surface area contributed by atoms with Gasteiger partial charge in [0.05, 0.1) is 4.69 Å². The molecule has 0 saturated carbocycles. The molecule has 0 aliphatic rings. The lowest BCUT2D eigenvalue weighted by Gasteiger charge is -1.91. The number of nitrogens with zero attached hydrogens (tertiary/aromatic N) is 3. The zero-order chi connectivity index (χ0) is 8.23. The Hall–Kier alpha value is -0.758. The first-order valence-electron chi connectivity index (χ1n) is 3.58. The predicted octanol–water partition coefficient (Wildman–Crippen LogP) is -0.680. The molecule has 0 aliphatic carbocycles. The van der Waals surface area contributed by atoms with Crippen LogP contribution in [0, 0.1) is 0 Å². The highest BCUT2D eigenvalue weighted by Gasteiger charge is 2.03. The van der Waals surface area contributed by atoms with Crippen LogP contribution in [-0.4, -0.2) is 30.2 Å². The normalized spacial score (nSPS) is 9.67. The fourth-order valence-corrected chi connectivity index (χ4v) is 3.33. The van der Waals surface area contributed by atoms with E-state index in [4.69, 9.17) is 0 Å². The summed E-state index contributed by atoms with van der Waals surface area (Å²) >= 11 is 1.34. The highest BCUT2D eigenvalue weighted by atomic mass is 32.1. The minimum absolute atomic E-state index is 0.436. The Morgan fingerprint density at radius 1 is 1.25 bits per heavy atom. The third-order valence-electron chi connectivity index (χ3n) is 1.46. The minimum Gasteiger partial charge on any atom is -0.241 e. The highest BCUT2D eigenvalue weighted by molar-refractivity contribution is 7.20. The standard InChI is InChI=1S/C4H3S.C3H2N3.Al.H/c1-2-4-5-3-1;1-4-2-6-3-5-1;;/h1-3H;1-2H;;. The molecule has 3 nitrogen and oxygen atoms in total. The Balaban J connectivity index is 2.15. The van der Waals surface area contributed by atoms with E-state index in [1.165, 1.54) is 3.74 Å². The van der Waals surface area contributed by atoms with Crippen LogP contribution in [-0.2, 0) is 0 Å². The van der Waals surface area contributed by atoms with Crippen molar-refractivity contribution in [2.75, 3.05) is 0 Å². The van der Waals surface area contributed by atoms with Crippen LogP contribution in [0.5, 0.6) is 0 Å². The SMILES string of the molecule is c1cs[c]([AlH][c]2ncncn2)c1. The molecule has 2 rings (SSSR count). The number of aromatic nitrogens is 3. The van der Waals surface area contributed by atoms with Gasteiger partial charge in [0.25, 0.3) is 0 Å². The summed E-state index contributed by atoms with van der Waals surface area (Å²) < 4.78 is 2.38. The van der Waals surface area contributed by atoms with Gasteiger partial charge in [-0.15, -0.1) is 0 Å². The molecule has 0 radical (unpaired) electrons. The molecule has 0 bridgehead atoms. The van der Waals surface area contributed by atoms with Gasteiger partial charge in [0.15, 0.2) is 0 Å². The summed E-state index contributed by atoms with van der Waals surface area (Å²) in [6.45, 7) is 0. The van der Waals surface area contributed by atoms with E-state index >= 15 is 0 Å². The molecular formula is C7H6AlN3S. The van der Waals surface area contributed by atoms with Crippen LogP contribution >= 0.6 is 11.3 Å². The summed E-state index contributed by atoms with van der Waals surface area (Å²) in [5, 5.41) is 2.09. The van der Waals surface area contributed by atoms with E-state index in [0.29, 0.717) is 0 Å². The molecule has 12 heavy (non-hydrogen) atoms. The molecule has 0 aliphatic heterocycles. The Labute approximate surface area is 80.2 Å². The smallest absolute Gasteiger partial charge is 0.241 e. The van der Waals surface area contributed by atoms with Gasteiger partial charge in [-0.3, -0.25) is 0 Å². The Kier molecular flexibility index (Phi) is 2.47. The van der Waals surface area contributed by atoms with Gasteiger partial charge >= 0.3 is 15.2 Å². The van der Waals surface area contributed by atoms with Crippen LogP contribution in [0.2, 0.25) is 0 Å². The Morgan fingerprint density at radius 3 is 2.75 bits per heavy atom. The van der Waals surface area contributed by atoms with Crippen molar-refractivity contribution in [2.24, 2.45) is 0 Å². The lowest BCUT2D eigenvalue weighted by atomic mass is 10.7. The molecule has 0 atom stereocenters. The number of hydrogen-bond acceptors (Lipinski definition) is 4. The number of thiophene rings is 1. The topological polar surface area (TPSA) is 38.7 Å². The van der Waals surface area contributed by atoms with Crippen molar-refractivity contribution in [3.63, 3.8) is 0 Å². The summed E-state index contributed by atoms with van der Waals surface area (Å²) in [5.41, 5.74) is 0. The van der Waals surface area contributed by atoms with E-state index in [0.717, 1.165) is 4.69 Å². The number of rotatable bonds is 2. The Bertz CT molecular complexity index is 335. The largest absolute Gasteiger partial charge is 0.400 e. The molecule has 2 aromatic heterocycles. The van der Waals surface area contributed by atoms with Crippen molar-refractivity contribution >= 4 is 35.0 Å². The van der Waals surface area contributed by atoms with Crippen molar-refractivity contribution in [1.82, 2.24) is 15.0 Å². The second-order valence-electron chi connectivity index (χ2n) is 2.31. The zero-order valence-corrected chi connectivity index (χ0v) is 8.57. The average Bonchev–Trinajstić information content (AvgIpc) is 2.59. The van der Waals surface area contributed by atoms with E-state index in [1.54, 1.807) is 24.0 Å². The van der Waals surface area contributed by atoms with E-state index in [1.807, 2.05) is 0 Å². The van der Waals surface area contributed by atoms with E-state index in [2.05, 4.69) is 32.5 Å². The third-order valence-corrected chi connectivity index (χ3v) is 4.39. The molecule has 0 amide bonds. The fraction of sp³-hybridized carbons (Fsp3) is 0. The maximum absolute atomic E-state index is 4.10. The summed E-state index contributed by atoms with van der Waals surface area (Å²) in [7, 11) is 0. The van der Waals surface area contributed by atoms with Gasteiger partial charge in [-0.1, -0.05) is 15.9 Å². The second kappa shape index (κ2) is 3.77. The van der Waals surface area contributed by atoms with Crippen LogP contribution in [0.4, 0.5) is 0 Å². The van der Waals surface area contributed by atoms with Crippen LogP contribution < -0.4 is 8.43 Å². The maximum atomic E-state index is 4.10. The van der Waals surface area contributed by atoms with Crippen LogP contribution in [0.1, 0.15) is 0 Å². The van der Waals surface area contributed by atoms with E-state index in [9.17, 15) is 0 Å². The van der Waals surface area contributed by atoms with Crippen LogP contribution in [0.15, 0.2) is 30.2 Å². The van der Waals surface area contributed by atoms with Crippen molar-refractivity contribution in [3.8, 4) is 0 Å². The molecule has 5 heteroatoms. The molecule has 58 valence electrons. The quantitative estimate of drug-likeness (QED) is 0.590. The molecule has 0 N–H and O–H groups in total. The molecule has 2 aromatic rings. The first-order valence-corrected chi connectivity index (χ1v) is 5.88. The molecule has 0 fully saturated rings. The van der Waals surface area contributed by atoms with Crippen LogP contribution in [0.25, 0.3) is 0 Å². The lowest BCUT2D eigenvalue weighted by molar-refractivity contribution is 1.09. The van der Waals surface area contributed by atoms with Crippen molar-refractivity contribution in [2.45, 2.75) is 0 Å². The molecular weight excluding hydrogens is 185 g/mol. The molecule has 0 spiro atoms. The first-order chi connectivity index (χ1) is 5.95. The van der Waals surface area contributed by atoms with E-state index in [-0.39, 0.29) is 0 Å². The summed E-state index contributed by atoms with van der Waals surface area (Å²) in [6.07, 6.45) is 3.12. The summed E-state index contributed by atoms with van der Waals surface area (Å²) in [4.78, 5) is 12.0. The van der Waals surface area contributed by atoms with Gasteiger partial charge in [0, 0.05) is 0 Å². The van der Waals surface area contributed by atoms with Crippen molar-refractivity contribution < 1.29 is 0 Å². The van der Waals surface area contributed by atoms with Crippen molar-refractivity contribution in [3.05, 3.63) is 30.2 Å². The van der Waals surface area contributed by atoms with Gasteiger partial charge < -0.3 is 0 Å². The van der Waals surface area contributed by atoms with Gasteiger partial charge in [0.1, 0.15) is 12.7 Å². The Morgan fingerprint density at radius 2 is 2.08 bits per heavy atom. The minimum atomic E-state index is -0.436. The molecule has 0 unspecified atom stereocenters. The van der Waals surface area contributed by atoms with Gasteiger partial charge in [0.2, 0.25) is 0 Å². The van der Waals surface area contributed by atoms with Gasteiger partial charge in [-0.05, 0) is 5.38 Å². The van der Waals surface area contributed by atoms with Gasteiger partial charge in [-0.25, -0.2) is 15.0 Å². The fourth-order valence-electron chi connectivity index (χ4n) is 0.923.